The van der Waals surface area contributed by atoms with Crippen molar-refractivity contribution in [3.63, 3.8) is 0 Å². The molecule has 1 N–H and O–H groups in total. The highest BCUT2D eigenvalue weighted by Gasteiger charge is 2.17. The van der Waals surface area contributed by atoms with Gasteiger partial charge in [-0.2, -0.15) is 5.10 Å². The quantitative estimate of drug-likeness (QED) is 0.800. The smallest absolute Gasteiger partial charge is 0.275 e. The van der Waals surface area contributed by atoms with Crippen molar-refractivity contribution in [2.75, 3.05) is 13.7 Å². The maximum Gasteiger partial charge on any atom is 0.275 e. The first-order valence-corrected chi connectivity index (χ1v) is 7.59. The number of methoxy groups -OCH3 is 1. The number of nitrogens with zero attached hydrogens (tertiary/aromatic N) is 2. The van der Waals surface area contributed by atoms with Gasteiger partial charge in [-0.15, -0.1) is 0 Å². The van der Waals surface area contributed by atoms with E-state index in [4.69, 9.17) is 4.74 Å². The van der Waals surface area contributed by atoms with Crippen LogP contribution in [0.25, 0.3) is 5.69 Å². The van der Waals surface area contributed by atoms with Crippen LogP contribution in [-0.2, 0) is 0 Å². The number of benzene rings is 1. The molecule has 0 atom stereocenters. The summed E-state index contributed by atoms with van der Waals surface area (Å²) in [6.07, 6.45) is 3.78. The van der Waals surface area contributed by atoms with Crippen LogP contribution < -0.4 is 10.1 Å². The molecule has 2 rings (SSSR count). The number of para-hydroxylation sites is 1. The van der Waals surface area contributed by atoms with E-state index in [2.05, 4.69) is 24.3 Å². The van der Waals surface area contributed by atoms with Crippen LogP contribution in [0.1, 0.15) is 37.2 Å². The summed E-state index contributed by atoms with van der Waals surface area (Å²) in [4.78, 5) is 12.2. The Hall–Kier alpha value is -2.30. The second kappa shape index (κ2) is 7.64. The fourth-order valence-electron chi connectivity index (χ4n) is 2.17. The largest absolute Gasteiger partial charge is 0.493 e. The van der Waals surface area contributed by atoms with Gasteiger partial charge < -0.3 is 10.1 Å². The molecule has 1 aromatic heterocycles. The molecule has 2 aromatic rings. The molecule has 0 saturated heterocycles. The van der Waals surface area contributed by atoms with Crippen LogP contribution in [0.4, 0.5) is 0 Å². The van der Waals surface area contributed by atoms with E-state index in [0.717, 1.165) is 18.5 Å². The van der Waals surface area contributed by atoms with Gasteiger partial charge in [0.1, 0.15) is 0 Å². The highest BCUT2D eigenvalue weighted by Crippen LogP contribution is 2.19. The zero-order chi connectivity index (χ0) is 15.9. The van der Waals surface area contributed by atoms with Crippen molar-refractivity contribution in [3.8, 4) is 11.4 Å². The van der Waals surface area contributed by atoms with E-state index in [1.54, 1.807) is 18.0 Å². The molecule has 0 aliphatic carbocycles. The molecule has 0 aliphatic heterocycles. The van der Waals surface area contributed by atoms with Gasteiger partial charge in [-0.05, 0) is 30.9 Å². The van der Waals surface area contributed by atoms with Crippen LogP contribution in [-0.4, -0.2) is 29.3 Å². The Morgan fingerprint density at radius 3 is 2.68 bits per heavy atom. The predicted octanol–water partition coefficient (Wildman–Crippen LogP) is 3.05. The Balaban J connectivity index is 2.07. The predicted molar refractivity (Wildman–Crippen MR) is 86.5 cm³/mol. The van der Waals surface area contributed by atoms with Crippen molar-refractivity contribution in [1.82, 2.24) is 15.1 Å². The monoisotopic (exact) mass is 301 g/mol. The lowest BCUT2D eigenvalue weighted by Gasteiger charge is -2.06. The highest BCUT2D eigenvalue weighted by atomic mass is 16.5. The molecule has 1 amide bonds. The van der Waals surface area contributed by atoms with Crippen LogP contribution >= 0.6 is 0 Å². The van der Waals surface area contributed by atoms with E-state index in [9.17, 15) is 4.79 Å². The van der Waals surface area contributed by atoms with E-state index in [-0.39, 0.29) is 5.91 Å². The maximum atomic E-state index is 12.2. The fraction of sp³-hybridized carbons (Fsp3) is 0.412. The van der Waals surface area contributed by atoms with Crippen LogP contribution in [0.5, 0.6) is 5.75 Å². The molecule has 0 radical (unpaired) electrons. The van der Waals surface area contributed by atoms with Crippen LogP contribution in [0.15, 0.2) is 36.5 Å². The summed E-state index contributed by atoms with van der Waals surface area (Å²) in [7, 11) is 1.54. The molecule has 0 aliphatic rings. The van der Waals surface area contributed by atoms with Crippen LogP contribution in [0, 0.1) is 5.92 Å². The molecule has 118 valence electrons. The average Bonchev–Trinajstić information content (AvgIpc) is 2.96. The molecule has 0 unspecified atom stereocenters. The number of aromatic nitrogens is 2. The summed E-state index contributed by atoms with van der Waals surface area (Å²) in [5, 5.41) is 7.24. The van der Waals surface area contributed by atoms with Gasteiger partial charge in [-0.1, -0.05) is 32.0 Å². The molecular formula is C17H23N3O2. The third-order valence-electron chi connectivity index (χ3n) is 3.38. The first-order chi connectivity index (χ1) is 10.6. The number of carbonyl (C=O) groups excluding carboxylic acids is 1. The van der Waals surface area contributed by atoms with Gasteiger partial charge in [0.25, 0.3) is 5.91 Å². The lowest BCUT2D eigenvalue weighted by Crippen LogP contribution is -2.25. The van der Waals surface area contributed by atoms with Gasteiger partial charge in [0.05, 0.1) is 19.0 Å². The zero-order valence-corrected chi connectivity index (χ0v) is 13.4. The Morgan fingerprint density at radius 1 is 1.32 bits per heavy atom. The summed E-state index contributed by atoms with van der Waals surface area (Å²) < 4.78 is 6.92. The minimum atomic E-state index is -0.199. The average molecular weight is 301 g/mol. The fourth-order valence-corrected chi connectivity index (χ4v) is 2.17. The molecule has 0 saturated carbocycles. The highest BCUT2D eigenvalue weighted by molar-refractivity contribution is 5.94. The van der Waals surface area contributed by atoms with Gasteiger partial charge >= 0.3 is 0 Å². The minimum Gasteiger partial charge on any atom is -0.493 e. The van der Waals surface area contributed by atoms with Crippen molar-refractivity contribution in [2.45, 2.75) is 26.7 Å². The standard InChI is InChI=1S/C17H23N3O2/c1-13(2)8-7-11-18-17(21)16-15(22-3)12-20(19-16)14-9-5-4-6-10-14/h4-6,9-10,12-13H,7-8,11H2,1-3H3,(H,18,21). The van der Waals surface area contributed by atoms with Crippen molar-refractivity contribution in [1.29, 1.82) is 0 Å². The Morgan fingerprint density at radius 2 is 2.05 bits per heavy atom. The molecule has 22 heavy (non-hydrogen) atoms. The normalized spacial score (nSPS) is 10.7. The summed E-state index contributed by atoms with van der Waals surface area (Å²) in [6, 6.07) is 9.64. The molecule has 1 aromatic carbocycles. The summed E-state index contributed by atoms with van der Waals surface area (Å²) in [5.74, 6) is 0.921. The third-order valence-corrected chi connectivity index (χ3v) is 3.38. The molecule has 0 fully saturated rings. The number of carbonyl (C=O) groups is 1. The SMILES string of the molecule is COc1cn(-c2ccccc2)nc1C(=O)NCCCC(C)C. The number of hydrogen-bond acceptors (Lipinski definition) is 3. The van der Waals surface area contributed by atoms with E-state index in [1.807, 2.05) is 30.3 Å². The van der Waals surface area contributed by atoms with Crippen LogP contribution in [0.3, 0.4) is 0 Å². The zero-order valence-electron chi connectivity index (χ0n) is 13.4. The van der Waals surface area contributed by atoms with E-state index in [1.165, 1.54) is 0 Å². The topological polar surface area (TPSA) is 56.2 Å². The first kappa shape index (κ1) is 16.1. The Kier molecular flexibility index (Phi) is 5.58. The lowest BCUT2D eigenvalue weighted by molar-refractivity contribution is 0.0944. The van der Waals surface area contributed by atoms with Crippen LogP contribution in [0.2, 0.25) is 0 Å². The number of nitrogens with one attached hydrogen (secondary N) is 1. The Labute approximate surface area is 131 Å². The second-order valence-corrected chi connectivity index (χ2v) is 5.62. The van der Waals surface area contributed by atoms with Crippen molar-refractivity contribution >= 4 is 5.91 Å². The number of amides is 1. The van der Waals surface area contributed by atoms with E-state index >= 15 is 0 Å². The first-order valence-electron chi connectivity index (χ1n) is 7.59. The van der Waals surface area contributed by atoms with Crippen molar-refractivity contribution in [2.24, 2.45) is 5.92 Å². The van der Waals surface area contributed by atoms with E-state index < -0.39 is 0 Å². The van der Waals surface area contributed by atoms with Gasteiger partial charge in [0.15, 0.2) is 11.4 Å². The van der Waals surface area contributed by atoms with Gasteiger partial charge in [-0.3, -0.25) is 4.79 Å². The molecule has 5 nitrogen and oxygen atoms in total. The lowest BCUT2D eigenvalue weighted by atomic mass is 10.1. The number of ether oxygens (including phenoxy) is 1. The van der Waals surface area contributed by atoms with Gasteiger partial charge in [0, 0.05) is 6.54 Å². The molecule has 1 heterocycles. The summed E-state index contributed by atoms with van der Waals surface area (Å²) >= 11 is 0. The third kappa shape index (κ3) is 4.10. The molecule has 5 heteroatoms. The summed E-state index contributed by atoms with van der Waals surface area (Å²) in [5.41, 5.74) is 1.20. The van der Waals surface area contributed by atoms with Crippen molar-refractivity contribution < 1.29 is 9.53 Å². The Bertz CT molecular complexity index is 606. The minimum absolute atomic E-state index is 0.199. The van der Waals surface area contributed by atoms with E-state index in [0.29, 0.717) is 23.9 Å². The van der Waals surface area contributed by atoms with Gasteiger partial charge in [-0.25, -0.2) is 4.68 Å². The molecule has 0 bridgehead atoms. The number of hydrogen-bond donors (Lipinski definition) is 1. The number of rotatable bonds is 7. The van der Waals surface area contributed by atoms with Gasteiger partial charge in [0.2, 0.25) is 0 Å². The van der Waals surface area contributed by atoms with Crippen molar-refractivity contribution in [3.05, 3.63) is 42.2 Å². The molecular weight excluding hydrogens is 278 g/mol. The summed E-state index contributed by atoms with van der Waals surface area (Å²) in [6.45, 7) is 5.00. The maximum absolute atomic E-state index is 12.2. The molecule has 0 spiro atoms. The second-order valence-electron chi connectivity index (χ2n) is 5.62.